The van der Waals surface area contributed by atoms with Gasteiger partial charge in [0.05, 0.1) is 6.54 Å². The highest BCUT2D eigenvalue weighted by Crippen LogP contribution is 2.18. The summed E-state index contributed by atoms with van der Waals surface area (Å²) in [7, 11) is 0. The lowest BCUT2D eigenvalue weighted by Gasteiger charge is -2.19. The van der Waals surface area contributed by atoms with Gasteiger partial charge >= 0.3 is 0 Å². The predicted octanol–water partition coefficient (Wildman–Crippen LogP) is 4.24. The van der Waals surface area contributed by atoms with Crippen LogP contribution in [0.2, 0.25) is 0 Å². The van der Waals surface area contributed by atoms with E-state index >= 15 is 0 Å². The SMILES string of the molecule is CCNC(=NCc1cccc(C)c1)NCc1cccc(N2CC=CC2)c1.I. The number of nitrogens with zero attached hydrogens (tertiary/aromatic N) is 2. The summed E-state index contributed by atoms with van der Waals surface area (Å²) >= 11 is 0. The Balaban J connectivity index is 0.00000261. The Bertz CT molecular complexity index is 777. The molecule has 0 aromatic heterocycles. The van der Waals surface area contributed by atoms with Crippen molar-refractivity contribution in [3.8, 4) is 0 Å². The van der Waals surface area contributed by atoms with Gasteiger partial charge in [-0.3, -0.25) is 0 Å². The molecule has 5 heteroatoms. The van der Waals surface area contributed by atoms with Crippen molar-refractivity contribution in [2.24, 2.45) is 4.99 Å². The third kappa shape index (κ3) is 6.57. The number of benzene rings is 2. The molecule has 0 radical (unpaired) electrons. The molecule has 2 N–H and O–H groups in total. The summed E-state index contributed by atoms with van der Waals surface area (Å²) in [5, 5.41) is 6.77. The number of anilines is 1. The van der Waals surface area contributed by atoms with Gasteiger partial charge in [0.2, 0.25) is 0 Å². The van der Waals surface area contributed by atoms with E-state index in [4.69, 9.17) is 4.99 Å². The first-order valence-corrected chi connectivity index (χ1v) is 9.31. The fourth-order valence-corrected chi connectivity index (χ4v) is 3.06. The minimum absolute atomic E-state index is 0. The van der Waals surface area contributed by atoms with Gasteiger partial charge in [0.25, 0.3) is 0 Å². The van der Waals surface area contributed by atoms with Crippen LogP contribution in [0.1, 0.15) is 23.6 Å². The van der Waals surface area contributed by atoms with Gasteiger partial charge < -0.3 is 15.5 Å². The van der Waals surface area contributed by atoms with Crippen LogP contribution < -0.4 is 15.5 Å². The molecule has 2 aromatic rings. The number of guanidine groups is 1. The second-order valence-corrected chi connectivity index (χ2v) is 6.58. The zero-order valence-electron chi connectivity index (χ0n) is 16.1. The molecule has 0 fully saturated rings. The molecule has 0 bridgehead atoms. The van der Waals surface area contributed by atoms with E-state index in [1.54, 1.807) is 0 Å². The maximum Gasteiger partial charge on any atom is 0.191 e. The summed E-state index contributed by atoms with van der Waals surface area (Å²) < 4.78 is 0. The zero-order valence-corrected chi connectivity index (χ0v) is 18.4. The fourth-order valence-electron chi connectivity index (χ4n) is 3.06. The Morgan fingerprint density at radius 1 is 1.00 bits per heavy atom. The molecular formula is C22H29IN4. The van der Waals surface area contributed by atoms with Crippen LogP contribution >= 0.6 is 24.0 Å². The summed E-state index contributed by atoms with van der Waals surface area (Å²) in [4.78, 5) is 7.08. The Kier molecular flexibility index (Phi) is 8.64. The van der Waals surface area contributed by atoms with Crippen molar-refractivity contribution in [3.05, 3.63) is 77.4 Å². The quantitative estimate of drug-likeness (QED) is 0.284. The molecule has 0 aliphatic carbocycles. The summed E-state index contributed by atoms with van der Waals surface area (Å²) in [6.07, 6.45) is 4.43. The first-order valence-electron chi connectivity index (χ1n) is 9.31. The smallest absolute Gasteiger partial charge is 0.191 e. The average Bonchev–Trinajstić information content (AvgIpc) is 3.19. The molecule has 0 saturated heterocycles. The molecule has 0 unspecified atom stereocenters. The fraction of sp³-hybridized carbons (Fsp3) is 0.318. The zero-order chi connectivity index (χ0) is 18.2. The summed E-state index contributed by atoms with van der Waals surface area (Å²) in [5.74, 6) is 0.849. The van der Waals surface area contributed by atoms with E-state index in [1.165, 1.54) is 22.4 Å². The second kappa shape index (κ2) is 11.0. The molecule has 3 rings (SSSR count). The van der Waals surface area contributed by atoms with E-state index in [1.807, 2.05) is 0 Å². The lowest BCUT2D eigenvalue weighted by Crippen LogP contribution is -2.36. The molecule has 0 atom stereocenters. The standard InChI is InChI=1S/C22H28N4.HI/c1-3-23-22(24-16-19-9-6-8-18(2)14-19)25-17-20-10-7-11-21(15-20)26-12-4-5-13-26;/h4-11,14-15H,3,12-13,16-17H2,1-2H3,(H2,23,24,25);1H. The van der Waals surface area contributed by atoms with Crippen molar-refractivity contribution in [2.75, 3.05) is 24.5 Å². The molecular weight excluding hydrogens is 447 g/mol. The molecule has 2 aromatic carbocycles. The topological polar surface area (TPSA) is 39.7 Å². The number of hydrogen-bond acceptors (Lipinski definition) is 2. The number of aliphatic imine (C=N–C) groups is 1. The van der Waals surface area contributed by atoms with Crippen molar-refractivity contribution in [2.45, 2.75) is 26.9 Å². The Morgan fingerprint density at radius 3 is 2.48 bits per heavy atom. The first kappa shape index (κ1) is 21.3. The van der Waals surface area contributed by atoms with Crippen molar-refractivity contribution >= 4 is 35.6 Å². The Hall–Kier alpha value is -2.02. The van der Waals surface area contributed by atoms with E-state index in [2.05, 4.69) is 90.1 Å². The second-order valence-electron chi connectivity index (χ2n) is 6.58. The number of rotatable bonds is 6. The molecule has 27 heavy (non-hydrogen) atoms. The normalized spacial score (nSPS) is 13.4. The van der Waals surface area contributed by atoms with Gasteiger partial charge in [-0.1, -0.05) is 54.1 Å². The summed E-state index contributed by atoms with van der Waals surface area (Å²) in [6, 6.07) is 17.2. The first-order chi connectivity index (χ1) is 12.7. The van der Waals surface area contributed by atoms with Crippen LogP contribution in [0.4, 0.5) is 5.69 Å². The van der Waals surface area contributed by atoms with Gasteiger partial charge in [0, 0.05) is 31.9 Å². The largest absolute Gasteiger partial charge is 0.364 e. The molecule has 1 aliphatic heterocycles. The number of hydrogen-bond donors (Lipinski definition) is 2. The van der Waals surface area contributed by atoms with Gasteiger partial charge in [-0.05, 0) is 37.1 Å². The number of halogens is 1. The van der Waals surface area contributed by atoms with Crippen molar-refractivity contribution in [1.29, 1.82) is 0 Å². The van der Waals surface area contributed by atoms with Gasteiger partial charge in [-0.15, -0.1) is 24.0 Å². The van der Waals surface area contributed by atoms with Crippen LogP contribution in [-0.2, 0) is 13.1 Å². The average molecular weight is 476 g/mol. The third-order valence-corrected chi connectivity index (χ3v) is 4.40. The Morgan fingerprint density at radius 2 is 1.74 bits per heavy atom. The molecule has 144 valence electrons. The highest BCUT2D eigenvalue weighted by atomic mass is 127. The van der Waals surface area contributed by atoms with Crippen LogP contribution in [0.25, 0.3) is 0 Å². The molecule has 0 amide bonds. The predicted molar refractivity (Wildman–Crippen MR) is 126 cm³/mol. The van der Waals surface area contributed by atoms with E-state index in [0.717, 1.165) is 32.1 Å². The van der Waals surface area contributed by atoms with Crippen LogP contribution in [0.5, 0.6) is 0 Å². The number of nitrogens with one attached hydrogen (secondary N) is 2. The minimum Gasteiger partial charge on any atom is -0.364 e. The minimum atomic E-state index is 0. The lowest BCUT2D eigenvalue weighted by atomic mass is 10.1. The number of aryl methyl sites for hydroxylation is 1. The van der Waals surface area contributed by atoms with Crippen LogP contribution in [0, 0.1) is 6.92 Å². The monoisotopic (exact) mass is 476 g/mol. The van der Waals surface area contributed by atoms with Crippen LogP contribution in [-0.4, -0.2) is 25.6 Å². The van der Waals surface area contributed by atoms with Gasteiger partial charge in [0.1, 0.15) is 0 Å². The molecule has 1 heterocycles. The van der Waals surface area contributed by atoms with E-state index in [0.29, 0.717) is 6.54 Å². The highest BCUT2D eigenvalue weighted by molar-refractivity contribution is 14.0. The maximum atomic E-state index is 4.71. The third-order valence-electron chi connectivity index (χ3n) is 4.40. The summed E-state index contributed by atoms with van der Waals surface area (Å²) in [6.45, 7) is 8.48. The molecule has 0 saturated carbocycles. The van der Waals surface area contributed by atoms with Gasteiger partial charge in [-0.2, -0.15) is 0 Å². The van der Waals surface area contributed by atoms with Gasteiger partial charge in [0.15, 0.2) is 5.96 Å². The lowest BCUT2D eigenvalue weighted by molar-refractivity contribution is 0.815. The van der Waals surface area contributed by atoms with Gasteiger partial charge in [-0.25, -0.2) is 4.99 Å². The van der Waals surface area contributed by atoms with E-state index in [-0.39, 0.29) is 24.0 Å². The van der Waals surface area contributed by atoms with Crippen molar-refractivity contribution in [1.82, 2.24) is 10.6 Å². The van der Waals surface area contributed by atoms with Crippen LogP contribution in [0.15, 0.2) is 65.7 Å². The Labute approximate surface area is 179 Å². The van der Waals surface area contributed by atoms with E-state index < -0.39 is 0 Å². The highest BCUT2D eigenvalue weighted by Gasteiger charge is 2.08. The van der Waals surface area contributed by atoms with Crippen LogP contribution in [0.3, 0.4) is 0 Å². The maximum absolute atomic E-state index is 4.71. The molecule has 0 spiro atoms. The van der Waals surface area contributed by atoms with Crippen molar-refractivity contribution in [3.63, 3.8) is 0 Å². The molecule has 4 nitrogen and oxygen atoms in total. The van der Waals surface area contributed by atoms with Crippen molar-refractivity contribution < 1.29 is 0 Å². The molecule has 1 aliphatic rings. The summed E-state index contributed by atoms with van der Waals surface area (Å²) in [5.41, 5.74) is 5.03. The van der Waals surface area contributed by atoms with E-state index in [9.17, 15) is 0 Å².